The van der Waals surface area contributed by atoms with Gasteiger partial charge in [0, 0.05) is 0 Å². The summed E-state index contributed by atoms with van der Waals surface area (Å²) >= 11 is 6.04. The molecule has 0 aliphatic heterocycles. The van der Waals surface area contributed by atoms with Gasteiger partial charge in [-0.05, 0) is 17.7 Å². The molecular formula is C17H17ClN2O3. The van der Waals surface area contributed by atoms with Crippen LogP contribution in [-0.4, -0.2) is 18.9 Å². The van der Waals surface area contributed by atoms with E-state index in [0.29, 0.717) is 10.6 Å². The molecule has 2 aromatic rings. The number of nitrogens with one attached hydrogen (secondary N) is 2. The molecule has 6 heteroatoms. The van der Waals surface area contributed by atoms with Crippen LogP contribution in [0, 0.1) is 0 Å². The van der Waals surface area contributed by atoms with Gasteiger partial charge in [-0.2, -0.15) is 0 Å². The lowest BCUT2D eigenvalue weighted by molar-refractivity contribution is -0.131. The van der Waals surface area contributed by atoms with Gasteiger partial charge in [-0.25, -0.2) is 5.48 Å². The Morgan fingerprint density at radius 2 is 1.74 bits per heavy atom. The molecule has 2 amide bonds. The molecule has 1 atom stereocenters. The van der Waals surface area contributed by atoms with E-state index in [2.05, 4.69) is 15.6 Å². The fourth-order valence-electron chi connectivity index (χ4n) is 2.16. The molecule has 0 bridgehead atoms. The van der Waals surface area contributed by atoms with Crippen LogP contribution in [0.3, 0.4) is 0 Å². The average Bonchev–Trinajstić information content (AvgIpc) is 2.55. The highest BCUT2D eigenvalue weighted by Gasteiger charge is 2.20. The van der Waals surface area contributed by atoms with Crippen molar-refractivity contribution in [3.63, 3.8) is 0 Å². The van der Waals surface area contributed by atoms with E-state index in [9.17, 15) is 9.59 Å². The molecule has 0 aliphatic carbocycles. The molecule has 0 aromatic heterocycles. The summed E-state index contributed by atoms with van der Waals surface area (Å²) in [7, 11) is 1.36. The van der Waals surface area contributed by atoms with E-state index >= 15 is 0 Å². The van der Waals surface area contributed by atoms with Gasteiger partial charge in [-0.3, -0.25) is 14.4 Å². The van der Waals surface area contributed by atoms with Crippen molar-refractivity contribution >= 4 is 23.4 Å². The van der Waals surface area contributed by atoms with Gasteiger partial charge in [0.05, 0.1) is 30.2 Å². The predicted molar refractivity (Wildman–Crippen MR) is 87.9 cm³/mol. The lowest BCUT2D eigenvalue weighted by Crippen LogP contribution is -2.33. The van der Waals surface area contributed by atoms with Crippen molar-refractivity contribution in [2.24, 2.45) is 0 Å². The zero-order chi connectivity index (χ0) is 16.7. The molecule has 120 valence electrons. The van der Waals surface area contributed by atoms with Gasteiger partial charge in [-0.1, -0.05) is 54.1 Å². The SMILES string of the molecule is CONC(=O)CC(NC(=O)c1ccccc1Cl)c1ccccc1. The second-order valence-electron chi connectivity index (χ2n) is 4.85. The quantitative estimate of drug-likeness (QED) is 0.799. The van der Waals surface area contributed by atoms with Crippen LogP contribution >= 0.6 is 11.6 Å². The smallest absolute Gasteiger partial charge is 0.253 e. The maximum absolute atomic E-state index is 12.4. The van der Waals surface area contributed by atoms with Crippen LogP contribution in [0.5, 0.6) is 0 Å². The van der Waals surface area contributed by atoms with Crippen LogP contribution in [0.25, 0.3) is 0 Å². The first-order valence-electron chi connectivity index (χ1n) is 7.04. The molecule has 0 heterocycles. The van der Waals surface area contributed by atoms with Crippen molar-refractivity contribution in [2.45, 2.75) is 12.5 Å². The van der Waals surface area contributed by atoms with Crippen LogP contribution < -0.4 is 10.8 Å². The molecule has 23 heavy (non-hydrogen) atoms. The van der Waals surface area contributed by atoms with Crippen molar-refractivity contribution in [1.82, 2.24) is 10.8 Å². The van der Waals surface area contributed by atoms with E-state index < -0.39 is 6.04 Å². The number of carbonyl (C=O) groups excluding carboxylic acids is 2. The molecule has 5 nitrogen and oxygen atoms in total. The summed E-state index contributed by atoms with van der Waals surface area (Å²) in [5, 5.41) is 3.20. The molecule has 0 saturated heterocycles. The third-order valence-electron chi connectivity index (χ3n) is 3.23. The first-order chi connectivity index (χ1) is 11.1. The molecular weight excluding hydrogens is 316 g/mol. The minimum atomic E-state index is -0.491. The average molecular weight is 333 g/mol. The van der Waals surface area contributed by atoms with Gasteiger partial charge < -0.3 is 5.32 Å². The molecule has 2 aromatic carbocycles. The standard InChI is InChI=1S/C17H17ClN2O3/c1-23-20-16(21)11-15(12-7-3-2-4-8-12)19-17(22)13-9-5-6-10-14(13)18/h2-10,15H,11H2,1H3,(H,19,22)(H,20,21). The van der Waals surface area contributed by atoms with Crippen molar-refractivity contribution in [1.29, 1.82) is 0 Å². The Balaban J connectivity index is 2.19. The Morgan fingerprint density at radius 3 is 2.39 bits per heavy atom. The Morgan fingerprint density at radius 1 is 1.09 bits per heavy atom. The summed E-state index contributed by atoms with van der Waals surface area (Å²) in [6.45, 7) is 0. The van der Waals surface area contributed by atoms with E-state index in [-0.39, 0.29) is 18.2 Å². The van der Waals surface area contributed by atoms with Crippen LogP contribution in [-0.2, 0) is 9.63 Å². The fraction of sp³-hybridized carbons (Fsp3) is 0.176. The first kappa shape index (κ1) is 17.0. The molecule has 0 radical (unpaired) electrons. The Hall–Kier alpha value is -2.37. The van der Waals surface area contributed by atoms with Gasteiger partial charge in [0.2, 0.25) is 5.91 Å². The van der Waals surface area contributed by atoms with Gasteiger partial charge in [-0.15, -0.1) is 0 Å². The number of rotatable bonds is 6. The lowest BCUT2D eigenvalue weighted by Gasteiger charge is -2.19. The Labute approximate surface area is 139 Å². The number of amides is 2. The van der Waals surface area contributed by atoms with E-state index in [4.69, 9.17) is 11.6 Å². The normalized spacial score (nSPS) is 11.6. The molecule has 0 aliphatic rings. The van der Waals surface area contributed by atoms with E-state index in [1.54, 1.807) is 24.3 Å². The molecule has 1 unspecified atom stereocenters. The molecule has 2 rings (SSSR count). The highest BCUT2D eigenvalue weighted by molar-refractivity contribution is 6.33. The summed E-state index contributed by atoms with van der Waals surface area (Å²) in [6.07, 6.45) is 0.0496. The monoisotopic (exact) mass is 332 g/mol. The predicted octanol–water partition coefficient (Wildman–Crippen LogP) is 2.88. The minimum Gasteiger partial charge on any atom is -0.345 e. The van der Waals surface area contributed by atoms with E-state index in [1.165, 1.54) is 7.11 Å². The molecule has 0 spiro atoms. The van der Waals surface area contributed by atoms with Gasteiger partial charge >= 0.3 is 0 Å². The van der Waals surface area contributed by atoms with Gasteiger partial charge in [0.25, 0.3) is 5.91 Å². The summed E-state index contributed by atoms with van der Waals surface area (Å²) in [4.78, 5) is 28.8. The number of benzene rings is 2. The molecule has 0 fully saturated rings. The molecule has 2 N–H and O–H groups in total. The van der Waals surface area contributed by atoms with Crippen LogP contribution in [0.2, 0.25) is 5.02 Å². The maximum Gasteiger partial charge on any atom is 0.253 e. The van der Waals surface area contributed by atoms with Gasteiger partial charge in [0.1, 0.15) is 0 Å². The number of hydrogen-bond acceptors (Lipinski definition) is 3. The van der Waals surface area contributed by atoms with Crippen LogP contribution in [0.4, 0.5) is 0 Å². The number of hydroxylamine groups is 1. The topological polar surface area (TPSA) is 67.4 Å². The van der Waals surface area contributed by atoms with Crippen molar-refractivity contribution < 1.29 is 14.4 Å². The van der Waals surface area contributed by atoms with Crippen molar-refractivity contribution in [2.75, 3.05) is 7.11 Å². The number of halogens is 1. The van der Waals surface area contributed by atoms with E-state index in [1.807, 2.05) is 30.3 Å². The summed E-state index contributed by atoms with van der Waals surface area (Å²) in [5.41, 5.74) is 3.44. The Kier molecular flexibility index (Phi) is 6.14. The number of carbonyl (C=O) groups is 2. The van der Waals surface area contributed by atoms with Crippen LogP contribution in [0.15, 0.2) is 54.6 Å². The fourth-order valence-corrected chi connectivity index (χ4v) is 2.38. The highest BCUT2D eigenvalue weighted by Crippen LogP contribution is 2.20. The first-order valence-corrected chi connectivity index (χ1v) is 7.41. The maximum atomic E-state index is 12.4. The highest BCUT2D eigenvalue weighted by atomic mass is 35.5. The van der Waals surface area contributed by atoms with Crippen molar-refractivity contribution in [3.05, 3.63) is 70.7 Å². The van der Waals surface area contributed by atoms with Crippen molar-refractivity contribution in [3.8, 4) is 0 Å². The van der Waals surface area contributed by atoms with E-state index in [0.717, 1.165) is 5.56 Å². The van der Waals surface area contributed by atoms with Gasteiger partial charge in [0.15, 0.2) is 0 Å². The zero-order valence-corrected chi connectivity index (χ0v) is 13.3. The number of hydrogen-bond donors (Lipinski definition) is 2. The largest absolute Gasteiger partial charge is 0.345 e. The zero-order valence-electron chi connectivity index (χ0n) is 12.6. The lowest BCUT2D eigenvalue weighted by atomic mass is 10.0. The molecule has 0 saturated carbocycles. The third kappa shape index (κ3) is 4.81. The second-order valence-corrected chi connectivity index (χ2v) is 5.26. The third-order valence-corrected chi connectivity index (χ3v) is 3.56. The second kappa shape index (κ2) is 8.31. The summed E-state index contributed by atoms with van der Waals surface area (Å²) < 4.78 is 0. The summed E-state index contributed by atoms with van der Waals surface area (Å²) in [5.74, 6) is -0.671. The summed E-state index contributed by atoms with van der Waals surface area (Å²) in [6, 6.07) is 15.5. The Bertz CT molecular complexity index is 677. The van der Waals surface area contributed by atoms with Crippen LogP contribution in [0.1, 0.15) is 28.4 Å². The minimum absolute atomic E-state index is 0.0496.